The van der Waals surface area contributed by atoms with Crippen LogP contribution in [0.4, 0.5) is 18.9 Å². The van der Waals surface area contributed by atoms with Gasteiger partial charge < -0.3 is 20.9 Å². The first kappa shape index (κ1) is 26.9. The van der Waals surface area contributed by atoms with E-state index in [9.17, 15) is 27.9 Å². The molecule has 3 aromatic rings. The van der Waals surface area contributed by atoms with Crippen LogP contribution in [0.1, 0.15) is 67.2 Å². The zero-order valence-electron chi connectivity index (χ0n) is 20.1. The Morgan fingerprint density at radius 1 is 1.08 bits per heavy atom. The third kappa shape index (κ3) is 6.70. The molecular weight excluding hydrogens is 477 g/mol. The number of aromatic nitrogens is 2. The van der Waals surface area contributed by atoms with Crippen LogP contribution in [0.25, 0.3) is 5.69 Å². The van der Waals surface area contributed by atoms with Gasteiger partial charge in [-0.05, 0) is 69.7 Å². The fourth-order valence-corrected chi connectivity index (χ4v) is 3.37. The van der Waals surface area contributed by atoms with E-state index >= 15 is 0 Å². The Labute approximate surface area is 205 Å². The van der Waals surface area contributed by atoms with Gasteiger partial charge >= 0.3 is 6.18 Å². The molecule has 0 bridgehead atoms. The number of carbonyl (C=O) groups is 1. The number of benzene rings is 2. The highest BCUT2D eigenvalue weighted by molar-refractivity contribution is 5.92. The number of anilines is 1. The van der Waals surface area contributed by atoms with Gasteiger partial charge in [0, 0.05) is 17.3 Å². The number of nitrogens with zero attached hydrogens (tertiary/aromatic N) is 2. The van der Waals surface area contributed by atoms with Gasteiger partial charge in [-0.3, -0.25) is 9.59 Å². The van der Waals surface area contributed by atoms with E-state index in [1.165, 1.54) is 25.1 Å². The molecule has 0 aliphatic carbocycles. The molecule has 1 heterocycles. The van der Waals surface area contributed by atoms with E-state index in [1.54, 1.807) is 39.0 Å². The molecule has 8 nitrogen and oxygen atoms in total. The van der Waals surface area contributed by atoms with Gasteiger partial charge in [0.25, 0.3) is 11.5 Å². The molecule has 0 aliphatic heterocycles. The Morgan fingerprint density at radius 2 is 1.78 bits per heavy atom. The van der Waals surface area contributed by atoms with Crippen LogP contribution in [0, 0.1) is 0 Å². The molecule has 4 N–H and O–H groups in total. The average molecular weight is 505 g/mol. The van der Waals surface area contributed by atoms with Crippen molar-refractivity contribution in [1.29, 1.82) is 0 Å². The van der Waals surface area contributed by atoms with Crippen molar-refractivity contribution in [2.45, 2.75) is 51.8 Å². The summed E-state index contributed by atoms with van der Waals surface area (Å²) >= 11 is 0. The van der Waals surface area contributed by atoms with Crippen LogP contribution < -0.4 is 16.6 Å². The van der Waals surface area contributed by atoms with Crippen molar-refractivity contribution in [3.63, 3.8) is 0 Å². The lowest BCUT2D eigenvalue weighted by Gasteiger charge is -2.24. The Hall–Kier alpha value is -3.70. The van der Waals surface area contributed by atoms with E-state index in [4.69, 9.17) is 10.5 Å². The molecule has 1 amide bonds. The van der Waals surface area contributed by atoms with Crippen molar-refractivity contribution < 1.29 is 27.8 Å². The number of nitrogens with two attached hydrogens (primary N) is 1. The van der Waals surface area contributed by atoms with E-state index < -0.39 is 41.1 Å². The van der Waals surface area contributed by atoms with Gasteiger partial charge in [-0.1, -0.05) is 12.1 Å². The molecule has 11 heteroatoms. The SMILES string of the molecule is C[C@@H](NC(=O)c1ccc(=O)n(-c2cccc(C(O)OC(C)(C)C)c2)n1)c1cc(N)cc(C(F)(F)F)c1. The normalized spacial score (nSPS) is 13.8. The number of rotatable bonds is 6. The number of halogens is 3. The van der Waals surface area contributed by atoms with E-state index in [0.717, 1.165) is 22.9 Å². The number of alkyl halides is 3. The van der Waals surface area contributed by atoms with Gasteiger partial charge in [0.15, 0.2) is 6.29 Å². The van der Waals surface area contributed by atoms with Crippen molar-refractivity contribution in [2.24, 2.45) is 0 Å². The predicted molar refractivity (Wildman–Crippen MR) is 127 cm³/mol. The standard InChI is InChI=1S/C25H27F3N4O4/c1-14(16-10-17(25(26,27)28)13-18(29)11-16)30-22(34)20-8-9-21(33)32(31-20)19-7-5-6-15(12-19)23(35)36-24(2,3)4/h5-14,23,35H,29H2,1-4H3,(H,30,34)/t14-,23?/m1/s1. The average Bonchev–Trinajstić information content (AvgIpc) is 2.77. The summed E-state index contributed by atoms with van der Waals surface area (Å²) in [5.74, 6) is -0.709. The summed E-state index contributed by atoms with van der Waals surface area (Å²) in [6.07, 6.45) is -5.85. The molecule has 3 rings (SSSR count). The van der Waals surface area contributed by atoms with Crippen molar-refractivity contribution in [1.82, 2.24) is 15.1 Å². The lowest BCUT2D eigenvalue weighted by molar-refractivity contribution is -0.169. The monoisotopic (exact) mass is 504 g/mol. The molecular formula is C25H27F3N4O4. The highest BCUT2D eigenvalue weighted by atomic mass is 19.4. The van der Waals surface area contributed by atoms with E-state index in [-0.39, 0.29) is 22.6 Å². The fraction of sp³-hybridized carbons (Fsp3) is 0.320. The Kier molecular flexibility index (Phi) is 7.56. The van der Waals surface area contributed by atoms with Crippen molar-refractivity contribution >= 4 is 11.6 Å². The Morgan fingerprint density at radius 3 is 2.42 bits per heavy atom. The van der Waals surface area contributed by atoms with E-state index in [2.05, 4.69) is 10.4 Å². The smallest absolute Gasteiger partial charge is 0.399 e. The summed E-state index contributed by atoms with van der Waals surface area (Å²) in [7, 11) is 0. The molecule has 0 saturated carbocycles. The zero-order chi connectivity index (χ0) is 26.8. The number of ether oxygens (including phenoxy) is 1. The van der Waals surface area contributed by atoms with Gasteiger partial charge in [0.2, 0.25) is 0 Å². The fourth-order valence-electron chi connectivity index (χ4n) is 3.37. The largest absolute Gasteiger partial charge is 0.416 e. The molecule has 1 unspecified atom stereocenters. The van der Waals surface area contributed by atoms with Gasteiger partial charge in [0.05, 0.1) is 22.9 Å². The van der Waals surface area contributed by atoms with Crippen molar-refractivity contribution in [2.75, 3.05) is 5.73 Å². The first-order valence-electron chi connectivity index (χ1n) is 11.0. The summed E-state index contributed by atoms with van der Waals surface area (Å²) in [6, 6.07) is 10.9. The summed E-state index contributed by atoms with van der Waals surface area (Å²) in [5.41, 5.74) is 4.11. The third-order valence-electron chi connectivity index (χ3n) is 5.05. The summed E-state index contributed by atoms with van der Waals surface area (Å²) < 4.78 is 45.9. The number of aliphatic hydroxyl groups is 1. The van der Waals surface area contributed by atoms with Crippen molar-refractivity contribution in [3.8, 4) is 5.69 Å². The maximum Gasteiger partial charge on any atom is 0.416 e. The maximum atomic E-state index is 13.1. The molecule has 0 fully saturated rings. The lowest BCUT2D eigenvalue weighted by atomic mass is 10.0. The third-order valence-corrected chi connectivity index (χ3v) is 5.05. The topological polar surface area (TPSA) is 119 Å². The van der Waals surface area contributed by atoms with Crippen LogP contribution >= 0.6 is 0 Å². The van der Waals surface area contributed by atoms with Crippen LogP contribution in [-0.4, -0.2) is 26.4 Å². The molecule has 2 atom stereocenters. The van der Waals surface area contributed by atoms with Crippen LogP contribution in [-0.2, 0) is 10.9 Å². The van der Waals surface area contributed by atoms with Gasteiger partial charge in [-0.25, -0.2) is 0 Å². The van der Waals surface area contributed by atoms with E-state index in [1.807, 2.05) is 0 Å². The van der Waals surface area contributed by atoms with Crippen LogP contribution in [0.5, 0.6) is 0 Å². The number of nitrogen functional groups attached to an aromatic ring is 1. The van der Waals surface area contributed by atoms with E-state index in [0.29, 0.717) is 5.56 Å². The maximum absolute atomic E-state index is 13.1. The highest BCUT2D eigenvalue weighted by Gasteiger charge is 2.31. The Balaban J connectivity index is 1.86. The number of hydrogen-bond donors (Lipinski definition) is 3. The molecule has 0 radical (unpaired) electrons. The summed E-state index contributed by atoms with van der Waals surface area (Å²) in [5, 5.41) is 17.0. The first-order chi connectivity index (χ1) is 16.6. The summed E-state index contributed by atoms with van der Waals surface area (Å²) in [4.78, 5) is 25.3. The lowest BCUT2D eigenvalue weighted by Crippen LogP contribution is -2.31. The highest BCUT2D eigenvalue weighted by Crippen LogP contribution is 2.32. The van der Waals surface area contributed by atoms with Gasteiger partial charge in [-0.15, -0.1) is 0 Å². The number of carbonyl (C=O) groups excluding carboxylic acids is 1. The van der Waals surface area contributed by atoms with Gasteiger partial charge in [-0.2, -0.15) is 23.0 Å². The van der Waals surface area contributed by atoms with Crippen LogP contribution in [0.15, 0.2) is 59.4 Å². The van der Waals surface area contributed by atoms with Crippen LogP contribution in [0.3, 0.4) is 0 Å². The number of amides is 1. The van der Waals surface area contributed by atoms with Crippen LogP contribution in [0.2, 0.25) is 0 Å². The Bertz CT molecular complexity index is 1320. The minimum Gasteiger partial charge on any atom is -0.399 e. The number of hydrogen-bond acceptors (Lipinski definition) is 6. The second kappa shape index (κ2) is 10.1. The quantitative estimate of drug-likeness (QED) is 0.343. The zero-order valence-corrected chi connectivity index (χ0v) is 20.1. The van der Waals surface area contributed by atoms with Crippen molar-refractivity contribution in [3.05, 3.63) is 87.3 Å². The minimum absolute atomic E-state index is 0.0925. The molecule has 1 aromatic heterocycles. The minimum atomic E-state index is -4.59. The van der Waals surface area contributed by atoms with Gasteiger partial charge in [0.1, 0.15) is 5.69 Å². The molecule has 0 saturated heterocycles. The molecule has 0 spiro atoms. The summed E-state index contributed by atoms with van der Waals surface area (Å²) in [6.45, 7) is 6.84. The molecule has 2 aromatic carbocycles. The second-order valence-electron chi connectivity index (χ2n) is 9.23. The molecule has 36 heavy (non-hydrogen) atoms. The second-order valence-corrected chi connectivity index (χ2v) is 9.23. The first-order valence-corrected chi connectivity index (χ1v) is 11.0. The molecule has 192 valence electrons. The predicted octanol–water partition coefficient (Wildman–Crippen LogP) is 4.13. The number of aliphatic hydroxyl groups excluding tert-OH is 1. The molecule has 0 aliphatic rings. The number of nitrogens with one attached hydrogen (secondary N) is 1.